The number of para-hydroxylation sites is 1. The summed E-state index contributed by atoms with van der Waals surface area (Å²) in [6.45, 7) is 5.34. The van der Waals surface area contributed by atoms with Gasteiger partial charge in [-0.1, -0.05) is 32.0 Å². The van der Waals surface area contributed by atoms with E-state index in [2.05, 4.69) is 5.32 Å². The Labute approximate surface area is 163 Å². The second-order valence-corrected chi connectivity index (χ2v) is 7.45. The van der Waals surface area contributed by atoms with E-state index in [-0.39, 0.29) is 18.2 Å². The lowest BCUT2D eigenvalue weighted by atomic mass is 10.0. The molecule has 28 heavy (non-hydrogen) atoms. The topological polar surface area (TPSA) is 135 Å². The van der Waals surface area contributed by atoms with Crippen LogP contribution in [0, 0.1) is 5.92 Å². The van der Waals surface area contributed by atoms with E-state index in [0.29, 0.717) is 17.5 Å². The Bertz CT molecular complexity index is 872. The van der Waals surface area contributed by atoms with Crippen molar-refractivity contribution < 1.29 is 24.6 Å². The van der Waals surface area contributed by atoms with E-state index in [4.69, 9.17) is 5.73 Å². The number of hydrogen-bond acceptors (Lipinski definition) is 5. The molecule has 8 heteroatoms. The van der Waals surface area contributed by atoms with Gasteiger partial charge in [0.25, 0.3) is 0 Å². The molecule has 1 aromatic heterocycles. The average molecular weight is 389 g/mol. The molecule has 0 aliphatic carbocycles. The first-order valence-electron chi connectivity index (χ1n) is 9.22. The summed E-state index contributed by atoms with van der Waals surface area (Å²) >= 11 is 0. The second-order valence-electron chi connectivity index (χ2n) is 7.45. The van der Waals surface area contributed by atoms with Crippen molar-refractivity contribution in [1.82, 2.24) is 9.88 Å². The molecule has 152 valence electrons. The van der Waals surface area contributed by atoms with Gasteiger partial charge in [-0.15, -0.1) is 0 Å². The minimum Gasteiger partial charge on any atom is -0.480 e. The molecule has 0 bridgehead atoms. The Kier molecular flexibility index (Phi) is 6.93. The van der Waals surface area contributed by atoms with Gasteiger partial charge >= 0.3 is 11.9 Å². The number of nitrogens with zero attached hydrogens (tertiary/aromatic N) is 1. The van der Waals surface area contributed by atoms with Gasteiger partial charge in [-0.3, -0.25) is 24.3 Å². The summed E-state index contributed by atoms with van der Waals surface area (Å²) in [5.41, 5.74) is 7.00. The fourth-order valence-electron chi connectivity index (χ4n) is 3.21. The maximum absolute atomic E-state index is 12.4. The highest BCUT2D eigenvalue weighted by molar-refractivity contribution is 5.96. The third kappa shape index (κ3) is 4.96. The standard InChI is InChI=1S/C20H27N3O5/c1-11(2)8-15(19(25)26)22-16(20(27)28)9-13-10-23(18(24)12(3)21)17-7-5-4-6-14(13)17/h4-7,10-12,15-16,22H,8-9,21H2,1-3H3,(H,25,26)(H,27,28)/t12-,15?,16-/m0/s1. The minimum atomic E-state index is -1.15. The van der Waals surface area contributed by atoms with Gasteiger partial charge in [0.05, 0.1) is 11.6 Å². The fraction of sp³-hybridized carbons (Fsp3) is 0.450. The van der Waals surface area contributed by atoms with Crippen molar-refractivity contribution in [1.29, 1.82) is 0 Å². The Morgan fingerprint density at radius 3 is 2.21 bits per heavy atom. The number of nitrogens with two attached hydrogens (primary N) is 1. The molecular formula is C20H27N3O5. The Balaban J connectivity index is 2.37. The summed E-state index contributed by atoms with van der Waals surface area (Å²) in [6, 6.07) is 4.37. The second kappa shape index (κ2) is 8.99. The number of nitrogens with one attached hydrogen (secondary N) is 1. The number of aliphatic carboxylic acids is 2. The molecular weight excluding hydrogens is 362 g/mol. The first-order valence-corrected chi connectivity index (χ1v) is 9.22. The highest BCUT2D eigenvalue weighted by Crippen LogP contribution is 2.23. The quantitative estimate of drug-likeness (QED) is 0.513. The summed E-state index contributed by atoms with van der Waals surface area (Å²) in [7, 11) is 0. The zero-order chi connectivity index (χ0) is 21.0. The number of carbonyl (C=O) groups excluding carboxylic acids is 1. The van der Waals surface area contributed by atoms with E-state index >= 15 is 0 Å². The van der Waals surface area contributed by atoms with Crippen LogP contribution in [0.3, 0.4) is 0 Å². The van der Waals surface area contributed by atoms with Crippen molar-refractivity contribution in [3.8, 4) is 0 Å². The van der Waals surface area contributed by atoms with Crippen LogP contribution in [0.1, 0.15) is 37.6 Å². The van der Waals surface area contributed by atoms with Gasteiger partial charge < -0.3 is 15.9 Å². The van der Waals surface area contributed by atoms with Gasteiger partial charge in [-0.05, 0) is 30.9 Å². The summed E-state index contributed by atoms with van der Waals surface area (Å²) in [5, 5.41) is 22.5. The third-order valence-electron chi connectivity index (χ3n) is 4.55. The van der Waals surface area contributed by atoms with Crippen LogP contribution < -0.4 is 11.1 Å². The number of benzene rings is 1. The van der Waals surface area contributed by atoms with Crippen LogP contribution >= 0.6 is 0 Å². The third-order valence-corrected chi connectivity index (χ3v) is 4.55. The molecule has 3 atom stereocenters. The SMILES string of the molecule is CC(C)CC(N[C@@H](Cc1cn(C(=O)[C@H](C)N)c2ccccc12)C(=O)O)C(=O)O. The maximum atomic E-state index is 12.4. The van der Waals surface area contributed by atoms with Gasteiger partial charge in [0.15, 0.2) is 0 Å². The van der Waals surface area contributed by atoms with E-state index in [1.807, 2.05) is 13.8 Å². The van der Waals surface area contributed by atoms with Crippen molar-refractivity contribution in [3.63, 3.8) is 0 Å². The van der Waals surface area contributed by atoms with Crippen molar-refractivity contribution in [3.05, 3.63) is 36.0 Å². The summed E-state index contributed by atoms with van der Waals surface area (Å²) in [4.78, 5) is 35.7. The monoisotopic (exact) mass is 389 g/mol. The predicted molar refractivity (Wildman–Crippen MR) is 105 cm³/mol. The zero-order valence-electron chi connectivity index (χ0n) is 16.3. The molecule has 0 fully saturated rings. The van der Waals surface area contributed by atoms with Crippen molar-refractivity contribution in [2.45, 2.75) is 51.7 Å². The molecule has 1 unspecified atom stereocenters. The van der Waals surface area contributed by atoms with E-state index in [1.165, 1.54) is 4.57 Å². The number of aromatic nitrogens is 1. The van der Waals surface area contributed by atoms with Crippen molar-refractivity contribution in [2.75, 3.05) is 0 Å². The fourth-order valence-corrected chi connectivity index (χ4v) is 3.21. The van der Waals surface area contributed by atoms with Crippen molar-refractivity contribution >= 4 is 28.7 Å². The number of carboxylic acids is 2. The zero-order valence-corrected chi connectivity index (χ0v) is 16.3. The van der Waals surface area contributed by atoms with Crippen LogP contribution in [0.25, 0.3) is 10.9 Å². The first kappa shape index (κ1) is 21.6. The van der Waals surface area contributed by atoms with E-state index < -0.39 is 30.1 Å². The molecule has 1 heterocycles. The molecule has 0 aliphatic rings. The van der Waals surface area contributed by atoms with E-state index in [0.717, 1.165) is 5.39 Å². The Morgan fingerprint density at radius 2 is 1.68 bits per heavy atom. The molecule has 0 saturated heterocycles. The molecule has 0 saturated carbocycles. The number of carbonyl (C=O) groups is 3. The molecule has 2 aromatic rings. The summed E-state index contributed by atoms with van der Waals surface area (Å²) in [6.07, 6.45) is 1.94. The molecule has 5 N–H and O–H groups in total. The summed E-state index contributed by atoms with van der Waals surface area (Å²) < 4.78 is 1.43. The molecule has 8 nitrogen and oxygen atoms in total. The lowest BCUT2D eigenvalue weighted by molar-refractivity contribution is -0.142. The van der Waals surface area contributed by atoms with Crippen LogP contribution in [0.5, 0.6) is 0 Å². The van der Waals surface area contributed by atoms with E-state index in [9.17, 15) is 24.6 Å². The largest absolute Gasteiger partial charge is 0.480 e. The molecule has 0 radical (unpaired) electrons. The molecule has 2 rings (SSSR count). The lowest BCUT2D eigenvalue weighted by Gasteiger charge is -2.21. The van der Waals surface area contributed by atoms with Crippen LogP contribution in [-0.2, 0) is 16.0 Å². The maximum Gasteiger partial charge on any atom is 0.321 e. The van der Waals surface area contributed by atoms with Gasteiger partial charge in [0.1, 0.15) is 12.1 Å². The van der Waals surface area contributed by atoms with Gasteiger partial charge in [0, 0.05) is 18.0 Å². The van der Waals surface area contributed by atoms with Gasteiger partial charge in [0.2, 0.25) is 5.91 Å². The van der Waals surface area contributed by atoms with E-state index in [1.54, 1.807) is 37.4 Å². The molecule has 1 aromatic carbocycles. The highest BCUT2D eigenvalue weighted by atomic mass is 16.4. The molecule has 0 aliphatic heterocycles. The van der Waals surface area contributed by atoms with Crippen LogP contribution in [0.15, 0.2) is 30.5 Å². The number of hydrogen-bond donors (Lipinski definition) is 4. The predicted octanol–water partition coefficient (Wildman–Crippen LogP) is 1.71. The lowest BCUT2D eigenvalue weighted by Crippen LogP contribution is -2.48. The Morgan fingerprint density at radius 1 is 1.07 bits per heavy atom. The number of carboxylic acid groups (broad SMARTS) is 2. The normalized spacial score (nSPS) is 14.8. The van der Waals surface area contributed by atoms with Crippen molar-refractivity contribution in [2.24, 2.45) is 11.7 Å². The number of rotatable bonds is 9. The smallest absolute Gasteiger partial charge is 0.321 e. The minimum absolute atomic E-state index is 0.0386. The summed E-state index contributed by atoms with van der Waals surface area (Å²) in [5.74, 6) is -2.45. The number of fused-ring (bicyclic) bond motifs is 1. The Hall–Kier alpha value is -2.71. The average Bonchev–Trinajstić information content (AvgIpc) is 2.97. The van der Waals surface area contributed by atoms with Gasteiger partial charge in [-0.2, -0.15) is 0 Å². The van der Waals surface area contributed by atoms with Crippen LogP contribution in [0.2, 0.25) is 0 Å². The van der Waals surface area contributed by atoms with Gasteiger partial charge in [-0.25, -0.2) is 0 Å². The highest BCUT2D eigenvalue weighted by Gasteiger charge is 2.28. The van der Waals surface area contributed by atoms with Crippen LogP contribution in [-0.4, -0.2) is 50.8 Å². The molecule has 0 spiro atoms. The molecule has 0 amide bonds. The first-order chi connectivity index (χ1) is 13.1. The van der Waals surface area contributed by atoms with Crippen LogP contribution in [0.4, 0.5) is 0 Å².